The average molecular weight is 323 g/mol. The molecule has 4 N–H and O–H groups in total. The van der Waals surface area contributed by atoms with E-state index in [2.05, 4.69) is 30.2 Å². The van der Waals surface area contributed by atoms with Crippen molar-refractivity contribution >= 4 is 30.1 Å². The Morgan fingerprint density at radius 1 is 1.18 bits per heavy atom. The molecule has 0 saturated heterocycles. The number of nitrogen functional groups attached to an aromatic ring is 1. The summed E-state index contributed by atoms with van der Waals surface area (Å²) in [5.41, 5.74) is 7.87. The molecular weight excluding hydrogens is 298 g/mol. The first-order chi connectivity index (χ1) is 10.6. The normalized spacial score (nSPS) is 10.3. The zero-order valence-corrected chi connectivity index (χ0v) is 13.9. The third-order valence-electron chi connectivity index (χ3n) is 3.30. The summed E-state index contributed by atoms with van der Waals surface area (Å²) in [6.07, 6.45) is 3.19. The van der Waals surface area contributed by atoms with Crippen LogP contribution in [0.15, 0.2) is 18.2 Å². The van der Waals surface area contributed by atoms with Crippen LogP contribution in [-0.2, 0) is 10.5 Å². The highest BCUT2D eigenvalue weighted by Crippen LogP contribution is 2.16. The van der Waals surface area contributed by atoms with Crippen LogP contribution in [-0.4, -0.2) is 24.9 Å². The Morgan fingerprint density at radius 2 is 1.91 bits per heavy atom. The molecule has 0 aliphatic rings. The van der Waals surface area contributed by atoms with Crippen LogP contribution in [0, 0.1) is 0 Å². The van der Waals surface area contributed by atoms with Gasteiger partial charge in [-0.2, -0.15) is 12.6 Å². The maximum atomic E-state index is 12.0. The monoisotopic (exact) mass is 323 g/mol. The van der Waals surface area contributed by atoms with Gasteiger partial charge in [0.05, 0.1) is 0 Å². The summed E-state index contributed by atoms with van der Waals surface area (Å²) in [5, 5.41) is 5.65. The highest BCUT2D eigenvalue weighted by molar-refractivity contribution is 7.79. The van der Waals surface area contributed by atoms with Crippen LogP contribution >= 0.6 is 12.6 Å². The van der Waals surface area contributed by atoms with E-state index in [0.29, 0.717) is 42.9 Å². The van der Waals surface area contributed by atoms with Gasteiger partial charge >= 0.3 is 0 Å². The number of rotatable bonds is 9. The molecule has 2 amide bonds. The number of nitrogens with two attached hydrogens (primary N) is 1. The average Bonchev–Trinajstić information content (AvgIpc) is 2.52. The molecule has 0 radical (unpaired) electrons. The second kappa shape index (κ2) is 10.1. The van der Waals surface area contributed by atoms with Gasteiger partial charge in [-0.15, -0.1) is 0 Å². The topological polar surface area (TPSA) is 84.2 Å². The number of hydrogen-bond donors (Lipinski definition) is 4. The van der Waals surface area contributed by atoms with Crippen LogP contribution in [0.4, 0.5) is 5.69 Å². The number of unbranched alkanes of at least 4 members (excludes halogenated alkanes) is 1. The molecule has 0 aromatic heterocycles. The van der Waals surface area contributed by atoms with Crippen LogP contribution in [0.5, 0.6) is 0 Å². The molecule has 0 aliphatic carbocycles. The van der Waals surface area contributed by atoms with Crippen molar-refractivity contribution in [3.63, 3.8) is 0 Å². The van der Waals surface area contributed by atoms with Crippen LogP contribution in [0.1, 0.15) is 48.5 Å². The molecule has 6 heteroatoms. The van der Waals surface area contributed by atoms with Gasteiger partial charge < -0.3 is 16.4 Å². The van der Waals surface area contributed by atoms with E-state index in [-0.39, 0.29) is 11.8 Å². The quantitative estimate of drug-likeness (QED) is 0.319. The lowest BCUT2D eigenvalue weighted by molar-refractivity contribution is -0.121. The summed E-state index contributed by atoms with van der Waals surface area (Å²) in [4.78, 5) is 23.4. The Morgan fingerprint density at radius 3 is 2.55 bits per heavy atom. The first kappa shape index (κ1) is 18.4. The second-order valence-corrected chi connectivity index (χ2v) is 5.45. The van der Waals surface area contributed by atoms with E-state index < -0.39 is 0 Å². The van der Waals surface area contributed by atoms with Gasteiger partial charge in [-0.1, -0.05) is 19.4 Å². The number of carbonyl (C=O) groups excluding carboxylic acids is 2. The van der Waals surface area contributed by atoms with Crippen molar-refractivity contribution in [3.05, 3.63) is 29.3 Å². The Balaban J connectivity index is 2.26. The first-order valence-electron chi connectivity index (χ1n) is 7.62. The molecule has 5 nitrogen and oxygen atoms in total. The standard InChI is InChI=1S/C16H25N3O2S/c1-2-3-5-15(20)18-8-4-9-19-16(21)12-6-7-13(11-22)14(17)10-12/h6-7,10,22H,2-5,8-9,11,17H2,1H3,(H,18,20)(H,19,21). The van der Waals surface area contributed by atoms with E-state index in [1.54, 1.807) is 12.1 Å². The number of hydrogen-bond acceptors (Lipinski definition) is 4. The minimum Gasteiger partial charge on any atom is -0.398 e. The SMILES string of the molecule is CCCCC(=O)NCCCNC(=O)c1ccc(CS)c(N)c1. The Kier molecular flexibility index (Phi) is 8.43. The third kappa shape index (κ3) is 6.39. The number of benzene rings is 1. The smallest absolute Gasteiger partial charge is 0.251 e. The predicted octanol–water partition coefficient (Wildman–Crippen LogP) is 2.12. The molecule has 1 rings (SSSR count). The van der Waals surface area contributed by atoms with Gasteiger partial charge in [0.25, 0.3) is 5.91 Å². The van der Waals surface area contributed by atoms with Crippen molar-refractivity contribution < 1.29 is 9.59 Å². The molecule has 0 heterocycles. The van der Waals surface area contributed by atoms with E-state index in [4.69, 9.17) is 5.73 Å². The zero-order chi connectivity index (χ0) is 16.4. The van der Waals surface area contributed by atoms with Gasteiger partial charge in [0.15, 0.2) is 0 Å². The summed E-state index contributed by atoms with van der Waals surface area (Å²) in [6.45, 7) is 3.14. The molecule has 0 unspecified atom stereocenters. The van der Waals surface area contributed by atoms with E-state index in [0.717, 1.165) is 18.4 Å². The summed E-state index contributed by atoms with van der Waals surface area (Å²) in [7, 11) is 0. The van der Waals surface area contributed by atoms with Crippen LogP contribution in [0.3, 0.4) is 0 Å². The van der Waals surface area contributed by atoms with Crippen molar-refractivity contribution in [2.45, 2.75) is 38.4 Å². The molecule has 1 aromatic rings. The Bertz CT molecular complexity index is 506. The van der Waals surface area contributed by atoms with Crippen LogP contribution < -0.4 is 16.4 Å². The summed E-state index contributed by atoms with van der Waals surface area (Å²) in [5.74, 6) is 0.462. The van der Waals surface area contributed by atoms with Crippen molar-refractivity contribution in [1.29, 1.82) is 0 Å². The van der Waals surface area contributed by atoms with Crippen molar-refractivity contribution in [2.75, 3.05) is 18.8 Å². The zero-order valence-electron chi connectivity index (χ0n) is 13.0. The molecule has 0 saturated carbocycles. The largest absolute Gasteiger partial charge is 0.398 e. The summed E-state index contributed by atoms with van der Waals surface area (Å²) in [6, 6.07) is 5.21. The number of thiol groups is 1. The lowest BCUT2D eigenvalue weighted by atomic mass is 10.1. The van der Waals surface area contributed by atoms with E-state index >= 15 is 0 Å². The van der Waals surface area contributed by atoms with Gasteiger partial charge in [0.1, 0.15) is 0 Å². The first-order valence-corrected chi connectivity index (χ1v) is 8.25. The van der Waals surface area contributed by atoms with E-state index in [9.17, 15) is 9.59 Å². The highest BCUT2D eigenvalue weighted by atomic mass is 32.1. The molecule has 0 fully saturated rings. The fourth-order valence-electron chi connectivity index (χ4n) is 1.93. The maximum Gasteiger partial charge on any atom is 0.251 e. The second-order valence-electron chi connectivity index (χ2n) is 5.13. The molecule has 122 valence electrons. The molecule has 22 heavy (non-hydrogen) atoms. The highest BCUT2D eigenvalue weighted by Gasteiger charge is 2.07. The number of anilines is 1. The lowest BCUT2D eigenvalue weighted by Gasteiger charge is -2.08. The van der Waals surface area contributed by atoms with Gasteiger partial charge in [-0.3, -0.25) is 9.59 Å². The fraction of sp³-hybridized carbons (Fsp3) is 0.500. The number of carbonyl (C=O) groups is 2. The third-order valence-corrected chi connectivity index (χ3v) is 3.64. The summed E-state index contributed by atoms with van der Waals surface area (Å²) >= 11 is 4.17. The van der Waals surface area contributed by atoms with Crippen molar-refractivity contribution in [2.24, 2.45) is 0 Å². The minimum atomic E-state index is -0.158. The molecule has 0 bridgehead atoms. The molecule has 1 aromatic carbocycles. The Hall–Kier alpha value is -1.69. The minimum absolute atomic E-state index is 0.0725. The van der Waals surface area contributed by atoms with E-state index in [1.807, 2.05) is 6.07 Å². The Labute approximate surface area is 137 Å². The molecule has 0 aliphatic heterocycles. The summed E-state index contributed by atoms with van der Waals surface area (Å²) < 4.78 is 0. The van der Waals surface area contributed by atoms with Crippen LogP contribution in [0.25, 0.3) is 0 Å². The van der Waals surface area contributed by atoms with Crippen molar-refractivity contribution in [1.82, 2.24) is 10.6 Å². The van der Waals surface area contributed by atoms with Gasteiger partial charge in [0, 0.05) is 36.5 Å². The van der Waals surface area contributed by atoms with Gasteiger partial charge in [-0.05, 0) is 30.5 Å². The maximum absolute atomic E-state index is 12.0. The molecule has 0 atom stereocenters. The van der Waals surface area contributed by atoms with Crippen LogP contribution in [0.2, 0.25) is 0 Å². The number of amides is 2. The number of nitrogens with one attached hydrogen (secondary N) is 2. The van der Waals surface area contributed by atoms with E-state index in [1.165, 1.54) is 0 Å². The lowest BCUT2D eigenvalue weighted by Crippen LogP contribution is -2.29. The van der Waals surface area contributed by atoms with Crippen molar-refractivity contribution in [3.8, 4) is 0 Å². The fourth-order valence-corrected chi connectivity index (χ4v) is 2.21. The van der Waals surface area contributed by atoms with Gasteiger partial charge in [0.2, 0.25) is 5.91 Å². The predicted molar refractivity (Wildman–Crippen MR) is 93.0 cm³/mol. The van der Waals surface area contributed by atoms with Gasteiger partial charge in [-0.25, -0.2) is 0 Å². The molecule has 0 spiro atoms. The molecular formula is C16H25N3O2S.